The molecule has 144 valence electrons. The number of hydrogen-bond acceptors (Lipinski definition) is 4. The molecule has 0 aliphatic carbocycles. The molecule has 0 bridgehead atoms. The van der Waals surface area contributed by atoms with E-state index in [4.69, 9.17) is 18.9 Å². The maximum atomic E-state index is 5.59. The second-order valence-electron chi connectivity index (χ2n) is 6.05. The molecule has 0 radical (unpaired) electrons. The minimum Gasteiger partial charge on any atom is -0.490 e. The molecular weight excluding hydrogens is 340 g/mol. The molecule has 0 heterocycles. The zero-order valence-corrected chi connectivity index (χ0v) is 16.1. The lowest BCUT2D eigenvalue weighted by molar-refractivity contribution is -0.0333. The van der Waals surface area contributed by atoms with E-state index in [-0.39, 0.29) is 6.79 Å². The van der Waals surface area contributed by atoms with Crippen LogP contribution in [0.15, 0.2) is 72.8 Å². The maximum absolute atomic E-state index is 5.59. The first-order valence-corrected chi connectivity index (χ1v) is 9.08. The molecule has 2 aromatic rings. The number of rotatable bonds is 12. The van der Waals surface area contributed by atoms with Crippen molar-refractivity contribution in [3.05, 3.63) is 84.0 Å². The van der Waals surface area contributed by atoms with Crippen LogP contribution in [0.2, 0.25) is 0 Å². The summed E-state index contributed by atoms with van der Waals surface area (Å²) in [5, 5.41) is 0. The van der Waals surface area contributed by atoms with E-state index in [1.54, 1.807) is 0 Å². The molecule has 0 saturated carbocycles. The first-order chi connectivity index (χ1) is 13.2. The molecular formula is C23H28O4. The molecule has 2 rings (SSSR count). The van der Waals surface area contributed by atoms with Gasteiger partial charge in [0.05, 0.1) is 13.2 Å². The van der Waals surface area contributed by atoms with Crippen molar-refractivity contribution < 1.29 is 18.9 Å². The van der Waals surface area contributed by atoms with Gasteiger partial charge in [-0.2, -0.15) is 0 Å². The van der Waals surface area contributed by atoms with Gasteiger partial charge in [-0.05, 0) is 50.3 Å². The minimum absolute atomic E-state index is 0.256. The summed E-state index contributed by atoms with van der Waals surface area (Å²) in [6, 6.07) is 16.0. The molecule has 2 aromatic carbocycles. The van der Waals surface area contributed by atoms with Gasteiger partial charge in [0.2, 0.25) is 0 Å². The molecule has 0 atom stereocenters. The van der Waals surface area contributed by atoms with Crippen LogP contribution in [0.25, 0.3) is 0 Å². The Balaban J connectivity index is 1.41. The number of hydrogen-bond donors (Lipinski definition) is 0. The number of aryl methyl sites for hydroxylation is 2. The Hall–Kier alpha value is -2.56. The van der Waals surface area contributed by atoms with E-state index in [0.717, 1.165) is 11.5 Å². The van der Waals surface area contributed by atoms with E-state index in [2.05, 4.69) is 13.8 Å². The first kappa shape index (κ1) is 20.7. The summed E-state index contributed by atoms with van der Waals surface area (Å²) in [5.41, 5.74) is 2.44. The van der Waals surface area contributed by atoms with E-state index in [1.165, 1.54) is 11.1 Å². The van der Waals surface area contributed by atoms with Gasteiger partial charge >= 0.3 is 0 Å². The summed E-state index contributed by atoms with van der Waals surface area (Å²) in [4.78, 5) is 0. The van der Waals surface area contributed by atoms with Crippen LogP contribution in [0.3, 0.4) is 0 Å². The van der Waals surface area contributed by atoms with Gasteiger partial charge in [0.1, 0.15) is 31.5 Å². The number of ether oxygens (including phenoxy) is 4. The fraction of sp³-hybridized carbons (Fsp3) is 0.304. The monoisotopic (exact) mass is 368 g/mol. The van der Waals surface area contributed by atoms with E-state index in [1.807, 2.05) is 72.8 Å². The molecule has 0 aliphatic rings. The Morgan fingerprint density at radius 3 is 1.33 bits per heavy atom. The lowest BCUT2D eigenvalue weighted by Gasteiger charge is -2.04. The Labute approximate surface area is 162 Å². The fourth-order valence-corrected chi connectivity index (χ4v) is 2.12. The van der Waals surface area contributed by atoms with Gasteiger partial charge in [-0.25, -0.2) is 0 Å². The van der Waals surface area contributed by atoms with Crippen LogP contribution in [0.5, 0.6) is 11.5 Å². The van der Waals surface area contributed by atoms with E-state index >= 15 is 0 Å². The second-order valence-corrected chi connectivity index (χ2v) is 6.05. The second kappa shape index (κ2) is 12.7. The molecule has 0 aliphatic heterocycles. The molecule has 0 aromatic heterocycles. The highest BCUT2D eigenvalue weighted by atomic mass is 16.7. The summed E-state index contributed by atoms with van der Waals surface area (Å²) >= 11 is 0. The van der Waals surface area contributed by atoms with Gasteiger partial charge in [-0.3, -0.25) is 0 Å². The Morgan fingerprint density at radius 1 is 0.556 bits per heavy atom. The van der Waals surface area contributed by atoms with Crippen LogP contribution in [0, 0.1) is 13.8 Å². The molecule has 4 heteroatoms. The zero-order chi connectivity index (χ0) is 19.2. The van der Waals surface area contributed by atoms with Crippen LogP contribution in [0.4, 0.5) is 0 Å². The van der Waals surface area contributed by atoms with Crippen LogP contribution < -0.4 is 9.47 Å². The van der Waals surface area contributed by atoms with Crippen molar-refractivity contribution in [3.63, 3.8) is 0 Å². The average Bonchev–Trinajstić information content (AvgIpc) is 2.68. The highest BCUT2D eigenvalue weighted by Crippen LogP contribution is 2.11. The van der Waals surface area contributed by atoms with Gasteiger partial charge in [0.15, 0.2) is 0 Å². The third kappa shape index (κ3) is 9.64. The van der Waals surface area contributed by atoms with E-state index in [9.17, 15) is 0 Å². The van der Waals surface area contributed by atoms with Crippen molar-refractivity contribution in [2.24, 2.45) is 0 Å². The topological polar surface area (TPSA) is 36.9 Å². The molecule has 0 unspecified atom stereocenters. The molecule has 0 amide bonds. The summed E-state index contributed by atoms with van der Waals surface area (Å²) in [6.07, 6.45) is 7.70. The van der Waals surface area contributed by atoms with Gasteiger partial charge < -0.3 is 18.9 Å². The largest absolute Gasteiger partial charge is 0.490 e. The van der Waals surface area contributed by atoms with E-state index in [0.29, 0.717) is 26.4 Å². The first-order valence-electron chi connectivity index (χ1n) is 9.08. The normalized spacial score (nSPS) is 11.3. The zero-order valence-electron chi connectivity index (χ0n) is 16.1. The van der Waals surface area contributed by atoms with Crippen LogP contribution >= 0.6 is 0 Å². The highest BCUT2D eigenvalue weighted by molar-refractivity contribution is 5.27. The molecule has 0 saturated heterocycles. The quantitative estimate of drug-likeness (QED) is 0.304. The lowest BCUT2D eigenvalue weighted by atomic mass is 10.2. The van der Waals surface area contributed by atoms with Crippen molar-refractivity contribution in [1.82, 2.24) is 0 Å². The predicted octanol–water partition coefficient (Wildman–Crippen LogP) is 4.86. The van der Waals surface area contributed by atoms with Crippen LogP contribution in [-0.2, 0) is 9.47 Å². The minimum atomic E-state index is 0.256. The average molecular weight is 368 g/mol. The predicted molar refractivity (Wildman–Crippen MR) is 108 cm³/mol. The van der Waals surface area contributed by atoms with Gasteiger partial charge in [-0.15, -0.1) is 0 Å². The molecule has 4 nitrogen and oxygen atoms in total. The summed E-state index contributed by atoms with van der Waals surface area (Å²) < 4.78 is 21.9. The highest BCUT2D eigenvalue weighted by Gasteiger charge is 1.91. The number of benzene rings is 2. The molecule has 0 spiro atoms. The summed E-state index contributed by atoms with van der Waals surface area (Å²) in [7, 11) is 0. The summed E-state index contributed by atoms with van der Waals surface area (Å²) in [5.74, 6) is 1.74. The fourth-order valence-electron chi connectivity index (χ4n) is 2.12. The van der Waals surface area contributed by atoms with Crippen LogP contribution in [-0.4, -0.2) is 33.2 Å². The third-order valence-electron chi connectivity index (χ3n) is 3.66. The maximum Gasteiger partial charge on any atom is 0.147 e. The van der Waals surface area contributed by atoms with E-state index < -0.39 is 0 Å². The van der Waals surface area contributed by atoms with Gasteiger partial charge in [0, 0.05) is 0 Å². The van der Waals surface area contributed by atoms with Crippen molar-refractivity contribution in [2.75, 3.05) is 33.2 Å². The Morgan fingerprint density at radius 2 is 0.926 bits per heavy atom. The smallest absolute Gasteiger partial charge is 0.147 e. The molecule has 0 N–H and O–H groups in total. The molecule has 0 fully saturated rings. The SMILES string of the molecule is Cc1ccc(OCC=CCOCOCC=CCOc2ccc(C)cc2)cc1. The molecule has 27 heavy (non-hydrogen) atoms. The van der Waals surface area contributed by atoms with Crippen molar-refractivity contribution in [3.8, 4) is 11.5 Å². The van der Waals surface area contributed by atoms with Crippen LogP contribution in [0.1, 0.15) is 11.1 Å². The Bertz CT molecular complexity index is 626. The van der Waals surface area contributed by atoms with Crippen molar-refractivity contribution in [2.45, 2.75) is 13.8 Å². The third-order valence-corrected chi connectivity index (χ3v) is 3.66. The van der Waals surface area contributed by atoms with Crippen molar-refractivity contribution >= 4 is 0 Å². The summed E-state index contributed by atoms with van der Waals surface area (Å²) in [6.45, 7) is 6.41. The van der Waals surface area contributed by atoms with Crippen molar-refractivity contribution in [1.29, 1.82) is 0 Å². The standard InChI is InChI=1S/C23H28O4/c1-20-7-11-22(12-8-20)26-17-5-3-15-24-19-25-16-4-6-18-27-23-13-9-21(2)10-14-23/h3-14H,15-19H2,1-2H3. The van der Waals surface area contributed by atoms with Gasteiger partial charge in [-0.1, -0.05) is 47.5 Å². The lowest BCUT2D eigenvalue weighted by Crippen LogP contribution is -2.01. The van der Waals surface area contributed by atoms with Gasteiger partial charge in [0.25, 0.3) is 0 Å². The Kier molecular flexibility index (Phi) is 9.79.